The van der Waals surface area contributed by atoms with Crippen LogP contribution in [0.25, 0.3) is 0 Å². The van der Waals surface area contributed by atoms with E-state index in [1.165, 1.54) is 11.1 Å². The molecular weight excluding hydrogens is 338 g/mol. The van der Waals surface area contributed by atoms with Crippen LogP contribution >= 0.6 is 0 Å². The van der Waals surface area contributed by atoms with Crippen LogP contribution in [-0.4, -0.2) is 24.9 Å². The number of nitrogens with two attached hydrogens (primary N) is 1. The van der Waals surface area contributed by atoms with Gasteiger partial charge in [-0.1, -0.05) is 20.3 Å². The van der Waals surface area contributed by atoms with Gasteiger partial charge in [0.15, 0.2) is 0 Å². The van der Waals surface area contributed by atoms with Gasteiger partial charge in [0.1, 0.15) is 23.6 Å². The molecule has 2 aromatic carbocycles. The van der Waals surface area contributed by atoms with E-state index in [0.29, 0.717) is 0 Å². The average Bonchev–Trinajstić information content (AvgIpc) is 2.70. The highest BCUT2D eigenvalue weighted by Gasteiger charge is 2.48. The largest absolute Gasteiger partial charge is 0.497 e. The first-order valence-electron chi connectivity index (χ1n) is 9.86. The Balaban J connectivity index is 1.93. The number of aliphatic hydroxyl groups is 1. The van der Waals surface area contributed by atoms with Crippen molar-refractivity contribution in [3.8, 4) is 11.5 Å². The van der Waals surface area contributed by atoms with Gasteiger partial charge < -0.3 is 19.9 Å². The molecule has 4 atom stereocenters. The van der Waals surface area contributed by atoms with Crippen LogP contribution in [-0.2, 0) is 0 Å². The minimum atomic E-state index is -0.668. The number of hydrogen-bond donors (Lipinski definition) is 2. The van der Waals surface area contributed by atoms with Gasteiger partial charge >= 0.3 is 0 Å². The van der Waals surface area contributed by atoms with Crippen LogP contribution in [0.3, 0.4) is 0 Å². The summed E-state index contributed by atoms with van der Waals surface area (Å²) in [5.74, 6) is 1.89. The second-order valence-corrected chi connectivity index (χ2v) is 7.72. The highest BCUT2D eigenvalue weighted by Crippen LogP contribution is 2.41. The number of rotatable bonds is 6. The lowest BCUT2D eigenvalue weighted by atomic mass is 9.70. The van der Waals surface area contributed by atoms with Crippen molar-refractivity contribution in [1.29, 1.82) is 0 Å². The van der Waals surface area contributed by atoms with Crippen molar-refractivity contribution in [2.75, 3.05) is 14.2 Å². The van der Waals surface area contributed by atoms with Gasteiger partial charge in [-0.3, -0.25) is 0 Å². The molecule has 4 heteroatoms. The third kappa shape index (κ3) is 4.12. The molecule has 0 spiro atoms. The van der Waals surface area contributed by atoms with Gasteiger partial charge in [0.25, 0.3) is 0 Å². The molecule has 0 unspecified atom stereocenters. The van der Waals surface area contributed by atoms with Gasteiger partial charge in [0.2, 0.25) is 0 Å². The maximum Gasteiger partial charge on any atom is 0.118 e. The molecule has 0 aliphatic carbocycles. The quantitative estimate of drug-likeness (QED) is 0.817. The summed E-state index contributed by atoms with van der Waals surface area (Å²) >= 11 is 0. The number of ether oxygens (including phenoxy) is 2. The number of methoxy groups -OCH3 is 2. The molecule has 0 radical (unpaired) electrons. The van der Waals surface area contributed by atoms with Gasteiger partial charge in [-0.05, 0) is 55.0 Å². The molecule has 2 aromatic rings. The second-order valence-electron chi connectivity index (χ2n) is 7.72. The summed E-state index contributed by atoms with van der Waals surface area (Å²) in [5.41, 5.74) is 1.80. The van der Waals surface area contributed by atoms with E-state index in [9.17, 15) is 5.11 Å². The minimum Gasteiger partial charge on any atom is -0.497 e. The second kappa shape index (κ2) is 8.32. The van der Waals surface area contributed by atoms with Gasteiger partial charge in [-0.2, -0.15) is 0 Å². The van der Waals surface area contributed by atoms with Crippen molar-refractivity contribution in [2.45, 2.75) is 50.8 Å². The molecule has 0 bridgehead atoms. The fourth-order valence-electron chi connectivity index (χ4n) is 4.45. The monoisotopic (exact) mass is 370 g/mol. The summed E-state index contributed by atoms with van der Waals surface area (Å²) < 4.78 is 10.6. The topological polar surface area (TPSA) is 55.3 Å². The van der Waals surface area contributed by atoms with Crippen LogP contribution in [0.4, 0.5) is 0 Å². The van der Waals surface area contributed by atoms with Crippen molar-refractivity contribution >= 4 is 0 Å². The van der Waals surface area contributed by atoms with E-state index >= 15 is 0 Å². The molecule has 1 heterocycles. The fraction of sp³-hybridized carbons (Fsp3) is 0.478. The first-order chi connectivity index (χ1) is 13.0. The third-order valence-electron chi connectivity index (χ3n) is 6.13. The van der Waals surface area contributed by atoms with Crippen LogP contribution in [0.5, 0.6) is 11.5 Å². The van der Waals surface area contributed by atoms with Crippen molar-refractivity contribution < 1.29 is 19.9 Å². The van der Waals surface area contributed by atoms with Crippen LogP contribution in [0.2, 0.25) is 0 Å². The molecule has 3 N–H and O–H groups in total. The zero-order valence-corrected chi connectivity index (χ0v) is 16.8. The fourth-order valence-corrected chi connectivity index (χ4v) is 4.45. The molecule has 0 amide bonds. The predicted molar refractivity (Wildman–Crippen MR) is 107 cm³/mol. The van der Waals surface area contributed by atoms with Crippen LogP contribution in [0, 0.1) is 5.92 Å². The predicted octanol–water partition coefficient (Wildman–Crippen LogP) is 3.62. The molecule has 1 aliphatic rings. The van der Waals surface area contributed by atoms with Gasteiger partial charge in [0.05, 0.1) is 19.8 Å². The summed E-state index contributed by atoms with van der Waals surface area (Å²) in [7, 11) is 3.37. The van der Waals surface area contributed by atoms with E-state index in [4.69, 9.17) is 9.47 Å². The van der Waals surface area contributed by atoms with Crippen LogP contribution in [0.1, 0.15) is 56.3 Å². The molecule has 27 heavy (non-hydrogen) atoms. The Bertz CT molecular complexity index is 728. The van der Waals surface area contributed by atoms with Crippen LogP contribution < -0.4 is 14.8 Å². The summed E-state index contributed by atoms with van der Waals surface area (Å²) in [6, 6.07) is 16.9. The minimum absolute atomic E-state index is 0.167. The van der Waals surface area contributed by atoms with Gasteiger partial charge in [-0.15, -0.1) is 0 Å². The molecule has 0 saturated carbocycles. The Morgan fingerprint density at radius 1 is 0.963 bits per heavy atom. The Morgan fingerprint density at radius 3 is 1.96 bits per heavy atom. The van der Waals surface area contributed by atoms with E-state index < -0.39 is 5.60 Å². The highest BCUT2D eigenvalue weighted by molar-refractivity contribution is 5.31. The average molecular weight is 371 g/mol. The third-order valence-corrected chi connectivity index (χ3v) is 6.13. The maximum absolute atomic E-state index is 11.5. The first-order valence-corrected chi connectivity index (χ1v) is 9.86. The van der Waals surface area contributed by atoms with Crippen LogP contribution in [0.15, 0.2) is 48.5 Å². The standard InChI is InChI=1S/C23H31NO3/c1-5-14-23(25)15-21(17-6-10-19(26-3)11-7-17)24-22(16(23)2)18-8-12-20(27-4)13-9-18/h6-13,16,21-22,24-25H,5,14-15H2,1-4H3/p+1/t16-,21+,22-,23+/m0/s1. The Labute approximate surface area is 162 Å². The van der Waals surface area contributed by atoms with E-state index in [-0.39, 0.29) is 18.0 Å². The highest BCUT2D eigenvalue weighted by atomic mass is 16.5. The summed E-state index contributed by atoms with van der Waals surface area (Å²) in [6.07, 6.45) is 2.56. The summed E-state index contributed by atoms with van der Waals surface area (Å²) in [4.78, 5) is 0. The number of piperidine rings is 1. The van der Waals surface area contributed by atoms with E-state index in [1.807, 2.05) is 24.3 Å². The lowest BCUT2D eigenvalue weighted by molar-refractivity contribution is -0.756. The zero-order chi connectivity index (χ0) is 19.4. The summed E-state index contributed by atoms with van der Waals surface area (Å²) in [5, 5.41) is 14.0. The number of quaternary nitrogens is 1. The molecular formula is C23H32NO3+. The molecule has 1 fully saturated rings. The van der Waals surface area contributed by atoms with E-state index in [2.05, 4.69) is 43.4 Å². The lowest BCUT2D eigenvalue weighted by Crippen LogP contribution is -2.91. The Hall–Kier alpha value is -2.04. The van der Waals surface area contributed by atoms with E-state index in [1.54, 1.807) is 14.2 Å². The Morgan fingerprint density at radius 2 is 1.48 bits per heavy atom. The van der Waals surface area contributed by atoms with Gasteiger partial charge in [-0.25, -0.2) is 0 Å². The molecule has 0 aromatic heterocycles. The zero-order valence-electron chi connectivity index (χ0n) is 16.8. The Kier molecular flexibility index (Phi) is 6.08. The molecule has 1 saturated heterocycles. The smallest absolute Gasteiger partial charge is 0.118 e. The normalized spacial score (nSPS) is 28.0. The molecule has 4 nitrogen and oxygen atoms in total. The van der Waals surface area contributed by atoms with Crippen molar-refractivity contribution in [3.63, 3.8) is 0 Å². The maximum atomic E-state index is 11.5. The first kappa shape index (κ1) is 19.7. The van der Waals surface area contributed by atoms with Crippen molar-refractivity contribution in [1.82, 2.24) is 0 Å². The lowest BCUT2D eigenvalue weighted by Gasteiger charge is -2.45. The molecule has 1 aliphatic heterocycles. The number of hydrogen-bond acceptors (Lipinski definition) is 3. The number of benzene rings is 2. The molecule has 146 valence electrons. The van der Waals surface area contributed by atoms with Crippen molar-refractivity contribution in [3.05, 3.63) is 59.7 Å². The van der Waals surface area contributed by atoms with Gasteiger partial charge in [0, 0.05) is 23.5 Å². The summed E-state index contributed by atoms with van der Waals surface area (Å²) in [6.45, 7) is 4.33. The van der Waals surface area contributed by atoms with E-state index in [0.717, 1.165) is 30.8 Å². The molecule has 3 rings (SSSR count). The SMILES string of the molecule is CCC[C@@]1(O)C[C@H](c2ccc(OC)cc2)[NH2+][C@H](c2ccc(OC)cc2)[C@@H]1C. The van der Waals surface area contributed by atoms with Crippen molar-refractivity contribution in [2.24, 2.45) is 5.92 Å².